The molecule has 2 rings (SSSR count). The van der Waals surface area contributed by atoms with Crippen molar-refractivity contribution in [1.82, 2.24) is 5.32 Å². The van der Waals surface area contributed by atoms with Gasteiger partial charge >= 0.3 is 5.97 Å². The first kappa shape index (κ1) is 14.5. The number of carbonyl (C=O) groups is 2. The second-order valence-electron chi connectivity index (χ2n) is 5.06. The van der Waals surface area contributed by atoms with Crippen molar-refractivity contribution >= 4 is 17.6 Å². The normalized spacial score (nSPS) is 13.0. The van der Waals surface area contributed by atoms with Crippen LogP contribution < -0.4 is 10.6 Å². The van der Waals surface area contributed by atoms with Crippen molar-refractivity contribution < 1.29 is 14.7 Å². The first-order valence-electron chi connectivity index (χ1n) is 6.99. The van der Waals surface area contributed by atoms with E-state index in [1.807, 2.05) is 12.1 Å². The number of aryl methyl sites for hydroxylation is 2. The molecule has 0 saturated heterocycles. The minimum absolute atomic E-state index is 0.0988. The van der Waals surface area contributed by atoms with Crippen LogP contribution in [-0.4, -0.2) is 30.1 Å². The van der Waals surface area contributed by atoms with Crippen LogP contribution >= 0.6 is 0 Å². The Balaban J connectivity index is 1.70. The number of hydrogen-bond donors (Lipinski definition) is 3. The average molecular weight is 276 g/mol. The van der Waals surface area contributed by atoms with E-state index in [4.69, 9.17) is 5.11 Å². The van der Waals surface area contributed by atoms with E-state index in [-0.39, 0.29) is 18.9 Å². The third kappa shape index (κ3) is 4.35. The summed E-state index contributed by atoms with van der Waals surface area (Å²) in [5.74, 6) is -0.910. The van der Waals surface area contributed by atoms with E-state index < -0.39 is 5.97 Å². The number of hydrogen-bond acceptors (Lipinski definition) is 3. The topological polar surface area (TPSA) is 78.4 Å². The van der Waals surface area contributed by atoms with Crippen molar-refractivity contribution in [3.63, 3.8) is 0 Å². The smallest absolute Gasteiger partial charge is 0.303 e. The highest BCUT2D eigenvalue weighted by molar-refractivity contribution is 5.92. The number of anilines is 1. The molecule has 0 heterocycles. The molecule has 0 aromatic heterocycles. The van der Waals surface area contributed by atoms with Gasteiger partial charge in [0, 0.05) is 12.1 Å². The largest absolute Gasteiger partial charge is 0.481 e. The molecule has 3 N–H and O–H groups in total. The van der Waals surface area contributed by atoms with Gasteiger partial charge in [0.15, 0.2) is 0 Å². The molecule has 0 spiro atoms. The van der Waals surface area contributed by atoms with Gasteiger partial charge in [-0.1, -0.05) is 6.07 Å². The van der Waals surface area contributed by atoms with Gasteiger partial charge in [0.25, 0.3) is 0 Å². The third-order valence-corrected chi connectivity index (χ3v) is 3.41. The fourth-order valence-corrected chi connectivity index (χ4v) is 2.42. The summed E-state index contributed by atoms with van der Waals surface area (Å²) in [6, 6.07) is 6.06. The number of rotatable bonds is 7. The lowest BCUT2D eigenvalue weighted by atomic mass is 10.1. The van der Waals surface area contributed by atoms with Crippen LogP contribution in [0.15, 0.2) is 18.2 Å². The van der Waals surface area contributed by atoms with Crippen molar-refractivity contribution in [2.45, 2.75) is 32.1 Å². The molecule has 1 aromatic carbocycles. The predicted octanol–water partition coefficient (Wildman–Crippen LogP) is 1.57. The molecular formula is C15H20N2O3. The zero-order chi connectivity index (χ0) is 14.4. The van der Waals surface area contributed by atoms with Gasteiger partial charge in [0.05, 0.1) is 6.54 Å². The van der Waals surface area contributed by atoms with E-state index >= 15 is 0 Å². The highest BCUT2D eigenvalue weighted by Crippen LogP contribution is 2.24. The second-order valence-corrected chi connectivity index (χ2v) is 5.06. The van der Waals surface area contributed by atoms with Crippen molar-refractivity contribution in [2.24, 2.45) is 0 Å². The summed E-state index contributed by atoms with van der Waals surface area (Å²) >= 11 is 0. The lowest BCUT2D eigenvalue weighted by Crippen LogP contribution is -2.29. The Morgan fingerprint density at radius 3 is 2.80 bits per heavy atom. The zero-order valence-corrected chi connectivity index (χ0v) is 11.4. The highest BCUT2D eigenvalue weighted by atomic mass is 16.4. The molecule has 0 radical (unpaired) electrons. The van der Waals surface area contributed by atoms with Crippen molar-refractivity contribution in [1.29, 1.82) is 0 Å². The second kappa shape index (κ2) is 7.05. The summed E-state index contributed by atoms with van der Waals surface area (Å²) in [5.41, 5.74) is 3.55. The van der Waals surface area contributed by atoms with Crippen molar-refractivity contribution in [3.8, 4) is 0 Å². The van der Waals surface area contributed by atoms with E-state index in [1.54, 1.807) is 0 Å². The maximum atomic E-state index is 11.7. The maximum absolute atomic E-state index is 11.7. The van der Waals surface area contributed by atoms with Gasteiger partial charge in [0.1, 0.15) is 0 Å². The fraction of sp³-hybridized carbons (Fsp3) is 0.467. The molecule has 108 valence electrons. The van der Waals surface area contributed by atoms with E-state index in [0.29, 0.717) is 13.0 Å². The Labute approximate surface area is 118 Å². The van der Waals surface area contributed by atoms with Crippen LogP contribution in [0.3, 0.4) is 0 Å². The summed E-state index contributed by atoms with van der Waals surface area (Å²) in [5, 5.41) is 14.3. The highest BCUT2D eigenvalue weighted by Gasteiger charge is 2.11. The average Bonchev–Trinajstić information content (AvgIpc) is 2.85. The number of amides is 1. The van der Waals surface area contributed by atoms with Gasteiger partial charge in [-0.05, 0) is 55.5 Å². The maximum Gasteiger partial charge on any atom is 0.303 e. The van der Waals surface area contributed by atoms with Gasteiger partial charge < -0.3 is 15.7 Å². The standard InChI is InChI=1S/C15H20N2O3/c18-14(10-16-8-2-5-15(19)20)17-13-7-6-11-3-1-4-12(11)9-13/h6-7,9,16H,1-5,8,10H2,(H,17,18)(H,19,20). The van der Waals surface area contributed by atoms with Crippen LogP contribution in [0.5, 0.6) is 0 Å². The lowest BCUT2D eigenvalue weighted by molar-refractivity contribution is -0.137. The molecule has 1 aromatic rings. The fourth-order valence-electron chi connectivity index (χ4n) is 2.42. The van der Waals surface area contributed by atoms with Gasteiger partial charge in [0.2, 0.25) is 5.91 Å². The molecule has 0 atom stereocenters. The Bertz CT molecular complexity index is 500. The summed E-state index contributed by atoms with van der Waals surface area (Å²) in [7, 11) is 0. The number of benzene rings is 1. The van der Waals surface area contributed by atoms with E-state index in [0.717, 1.165) is 18.5 Å². The van der Waals surface area contributed by atoms with Crippen LogP contribution in [-0.2, 0) is 22.4 Å². The number of nitrogens with one attached hydrogen (secondary N) is 2. The van der Waals surface area contributed by atoms with E-state index in [1.165, 1.54) is 17.5 Å². The molecule has 5 nitrogen and oxygen atoms in total. The minimum Gasteiger partial charge on any atom is -0.481 e. The van der Waals surface area contributed by atoms with Crippen LogP contribution in [0.25, 0.3) is 0 Å². The predicted molar refractivity (Wildman–Crippen MR) is 76.8 cm³/mol. The van der Waals surface area contributed by atoms with Gasteiger partial charge in [-0.15, -0.1) is 0 Å². The summed E-state index contributed by atoms with van der Waals surface area (Å²) in [6.45, 7) is 0.737. The SMILES string of the molecule is O=C(O)CCCNCC(=O)Nc1ccc2c(c1)CCC2. The van der Waals surface area contributed by atoms with Crippen molar-refractivity contribution in [2.75, 3.05) is 18.4 Å². The van der Waals surface area contributed by atoms with Crippen LogP contribution in [0, 0.1) is 0 Å². The van der Waals surface area contributed by atoms with Crippen LogP contribution in [0.1, 0.15) is 30.4 Å². The number of aliphatic carboxylic acids is 1. The zero-order valence-electron chi connectivity index (χ0n) is 11.4. The number of carboxylic acid groups (broad SMARTS) is 1. The first-order chi connectivity index (χ1) is 9.65. The quantitative estimate of drug-likeness (QED) is 0.661. The molecule has 20 heavy (non-hydrogen) atoms. The summed E-state index contributed by atoms with van der Waals surface area (Å²) in [4.78, 5) is 22.0. The molecule has 0 fully saturated rings. The number of carbonyl (C=O) groups excluding carboxylic acids is 1. The first-order valence-corrected chi connectivity index (χ1v) is 6.99. The van der Waals surface area contributed by atoms with E-state index in [2.05, 4.69) is 16.7 Å². The lowest BCUT2D eigenvalue weighted by Gasteiger charge is -2.08. The Morgan fingerprint density at radius 2 is 2.00 bits per heavy atom. The summed E-state index contributed by atoms with van der Waals surface area (Å²) in [6.07, 6.45) is 4.07. The molecule has 0 saturated carbocycles. The third-order valence-electron chi connectivity index (χ3n) is 3.41. The Kier molecular flexibility index (Phi) is 5.12. The summed E-state index contributed by atoms with van der Waals surface area (Å²) < 4.78 is 0. The molecular weight excluding hydrogens is 256 g/mol. The van der Waals surface area contributed by atoms with Gasteiger partial charge in [-0.2, -0.15) is 0 Å². The van der Waals surface area contributed by atoms with Crippen LogP contribution in [0.4, 0.5) is 5.69 Å². The molecule has 0 aliphatic heterocycles. The molecule has 0 bridgehead atoms. The molecule has 0 unspecified atom stereocenters. The minimum atomic E-state index is -0.811. The Hall–Kier alpha value is -1.88. The molecule has 5 heteroatoms. The Morgan fingerprint density at radius 1 is 1.20 bits per heavy atom. The van der Waals surface area contributed by atoms with Gasteiger partial charge in [-0.25, -0.2) is 0 Å². The van der Waals surface area contributed by atoms with Crippen molar-refractivity contribution in [3.05, 3.63) is 29.3 Å². The monoisotopic (exact) mass is 276 g/mol. The molecule has 1 amide bonds. The van der Waals surface area contributed by atoms with Crippen LogP contribution in [0.2, 0.25) is 0 Å². The molecule has 1 aliphatic carbocycles. The molecule has 1 aliphatic rings. The van der Waals surface area contributed by atoms with Gasteiger partial charge in [-0.3, -0.25) is 9.59 Å². The number of fused-ring (bicyclic) bond motifs is 1. The number of carboxylic acids is 1. The van der Waals surface area contributed by atoms with E-state index in [9.17, 15) is 9.59 Å².